The van der Waals surface area contributed by atoms with Crippen LogP contribution in [0.2, 0.25) is 5.02 Å². The average Bonchev–Trinajstić information content (AvgIpc) is 3.24. The lowest BCUT2D eigenvalue weighted by Gasteiger charge is -2.36. The quantitative estimate of drug-likeness (QED) is 0.895. The monoisotopic (exact) mass is 284 g/mol. The molecule has 1 saturated carbocycles. The number of piperazine rings is 1. The van der Waals surface area contributed by atoms with E-state index >= 15 is 0 Å². The zero-order valence-electron chi connectivity index (χ0n) is 10.7. The lowest BCUT2D eigenvalue weighted by atomic mass is 9.98. The number of nitrogens with zero attached hydrogens (tertiary/aromatic N) is 1. The fourth-order valence-corrected chi connectivity index (χ4v) is 3.19. The molecular weight excluding hydrogens is 267 g/mol. The molecule has 1 atom stereocenters. The maximum Gasteiger partial charge on any atom is 0.165 e. The second-order valence-electron chi connectivity index (χ2n) is 5.36. The molecular formula is C14H18ClFN2O. The number of hydrogen-bond donors (Lipinski definition) is 2. The number of benzene rings is 1. The molecule has 0 radical (unpaired) electrons. The molecule has 0 aromatic heterocycles. The van der Waals surface area contributed by atoms with Gasteiger partial charge in [-0.1, -0.05) is 11.6 Å². The highest BCUT2D eigenvalue weighted by Gasteiger charge is 2.39. The Morgan fingerprint density at radius 1 is 1.32 bits per heavy atom. The van der Waals surface area contributed by atoms with Gasteiger partial charge in [0, 0.05) is 42.8 Å². The molecule has 5 heteroatoms. The van der Waals surface area contributed by atoms with E-state index in [0.717, 1.165) is 39.0 Å². The van der Waals surface area contributed by atoms with Crippen LogP contribution in [-0.4, -0.2) is 36.2 Å². The van der Waals surface area contributed by atoms with Crippen molar-refractivity contribution in [3.05, 3.63) is 28.5 Å². The number of halogens is 2. The van der Waals surface area contributed by atoms with Crippen molar-refractivity contribution >= 4 is 11.6 Å². The molecule has 0 amide bonds. The standard InChI is InChI=1S/C14H18ClFN2O/c15-10-3-4-11(16)14(19)12(10)13(9-1-2-9)18-7-5-17-6-8-18/h3-4,9,13,17,19H,1-2,5-8H2/t13-/m0/s1. The average molecular weight is 285 g/mol. The normalized spacial score (nSPS) is 22.4. The third-order valence-electron chi connectivity index (χ3n) is 4.02. The predicted octanol–water partition coefficient (Wildman–Crippen LogP) is 2.54. The molecule has 2 aliphatic rings. The Morgan fingerprint density at radius 2 is 2.00 bits per heavy atom. The number of hydrogen-bond acceptors (Lipinski definition) is 3. The second-order valence-corrected chi connectivity index (χ2v) is 5.77. The summed E-state index contributed by atoms with van der Waals surface area (Å²) in [5, 5.41) is 13.8. The van der Waals surface area contributed by atoms with Crippen molar-refractivity contribution in [2.75, 3.05) is 26.2 Å². The molecule has 2 fully saturated rings. The molecule has 1 aromatic carbocycles. The zero-order valence-corrected chi connectivity index (χ0v) is 11.5. The minimum atomic E-state index is -0.583. The van der Waals surface area contributed by atoms with E-state index in [4.69, 9.17) is 11.6 Å². The molecule has 3 nitrogen and oxygen atoms in total. The molecule has 3 rings (SSSR count). The van der Waals surface area contributed by atoms with E-state index in [-0.39, 0.29) is 11.8 Å². The predicted molar refractivity (Wildman–Crippen MR) is 73.0 cm³/mol. The summed E-state index contributed by atoms with van der Waals surface area (Å²) in [7, 11) is 0. The molecule has 2 N–H and O–H groups in total. The number of phenolic OH excluding ortho intramolecular Hbond substituents is 1. The van der Waals surface area contributed by atoms with Crippen LogP contribution in [0.5, 0.6) is 5.75 Å². The summed E-state index contributed by atoms with van der Waals surface area (Å²) >= 11 is 6.22. The first-order chi connectivity index (χ1) is 9.18. The van der Waals surface area contributed by atoms with Crippen molar-refractivity contribution in [1.82, 2.24) is 10.2 Å². The first-order valence-electron chi connectivity index (χ1n) is 6.80. The molecule has 1 saturated heterocycles. The van der Waals surface area contributed by atoms with Crippen LogP contribution < -0.4 is 5.32 Å². The maximum absolute atomic E-state index is 13.6. The van der Waals surface area contributed by atoms with Gasteiger partial charge in [-0.3, -0.25) is 4.90 Å². The lowest BCUT2D eigenvalue weighted by molar-refractivity contribution is 0.153. The van der Waals surface area contributed by atoms with Gasteiger partial charge >= 0.3 is 0 Å². The highest BCUT2D eigenvalue weighted by molar-refractivity contribution is 6.31. The highest BCUT2D eigenvalue weighted by atomic mass is 35.5. The van der Waals surface area contributed by atoms with Crippen LogP contribution in [0, 0.1) is 11.7 Å². The van der Waals surface area contributed by atoms with Crippen molar-refractivity contribution in [1.29, 1.82) is 0 Å². The maximum atomic E-state index is 13.6. The molecule has 1 aromatic rings. The van der Waals surface area contributed by atoms with Crippen LogP contribution in [0.25, 0.3) is 0 Å². The second kappa shape index (κ2) is 5.27. The topological polar surface area (TPSA) is 35.5 Å². The summed E-state index contributed by atoms with van der Waals surface area (Å²) in [4.78, 5) is 2.31. The third-order valence-corrected chi connectivity index (χ3v) is 4.35. The van der Waals surface area contributed by atoms with Gasteiger partial charge in [0.05, 0.1) is 0 Å². The van der Waals surface area contributed by atoms with Gasteiger partial charge in [0.25, 0.3) is 0 Å². The highest BCUT2D eigenvalue weighted by Crippen LogP contribution is 2.49. The Balaban J connectivity index is 1.97. The van der Waals surface area contributed by atoms with E-state index in [2.05, 4.69) is 10.2 Å². The molecule has 1 aliphatic heterocycles. The van der Waals surface area contributed by atoms with Gasteiger partial charge in [-0.15, -0.1) is 0 Å². The summed E-state index contributed by atoms with van der Waals surface area (Å²) in [5.41, 5.74) is 0.575. The van der Waals surface area contributed by atoms with Crippen molar-refractivity contribution in [2.45, 2.75) is 18.9 Å². The number of phenols is 1. The van der Waals surface area contributed by atoms with Gasteiger partial charge in [-0.2, -0.15) is 0 Å². The van der Waals surface area contributed by atoms with Crippen LogP contribution in [0.3, 0.4) is 0 Å². The van der Waals surface area contributed by atoms with E-state index in [0.29, 0.717) is 16.5 Å². The largest absolute Gasteiger partial charge is 0.505 e. The molecule has 0 bridgehead atoms. The van der Waals surface area contributed by atoms with E-state index in [1.807, 2.05) is 0 Å². The summed E-state index contributed by atoms with van der Waals surface area (Å²) in [6.07, 6.45) is 2.25. The summed E-state index contributed by atoms with van der Waals surface area (Å²) in [5.74, 6) is -0.369. The smallest absolute Gasteiger partial charge is 0.165 e. The van der Waals surface area contributed by atoms with Gasteiger partial charge in [-0.25, -0.2) is 4.39 Å². The van der Waals surface area contributed by atoms with Crippen molar-refractivity contribution < 1.29 is 9.50 Å². The summed E-state index contributed by atoms with van der Waals surface area (Å²) in [6.45, 7) is 3.68. The van der Waals surface area contributed by atoms with Crippen LogP contribution in [0.1, 0.15) is 24.4 Å². The molecule has 0 spiro atoms. The third kappa shape index (κ3) is 2.57. The molecule has 0 unspecified atom stereocenters. The molecule has 1 heterocycles. The van der Waals surface area contributed by atoms with Crippen molar-refractivity contribution in [2.24, 2.45) is 5.92 Å². The van der Waals surface area contributed by atoms with Crippen LogP contribution in [0.15, 0.2) is 12.1 Å². The number of rotatable bonds is 3. The fourth-order valence-electron chi connectivity index (χ4n) is 2.93. The van der Waals surface area contributed by atoms with Crippen molar-refractivity contribution in [3.8, 4) is 5.75 Å². The van der Waals surface area contributed by atoms with Crippen LogP contribution in [0.4, 0.5) is 4.39 Å². The van der Waals surface area contributed by atoms with Gasteiger partial charge in [0.15, 0.2) is 11.6 Å². The van der Waals surface area contributed by atoms with Gasteiger partial charge in [0.2, 0.25) is 0 Å². The molecule has 19 heavy (non-hydrogen) atoms. The minimum Gasteiger partial charge on any atom is -0.505 e. The Hall–Kier alpha value is -0.840. The Bertz CT molecular complexity index is 473. The van der Waals surface area contributed by atoms with Gasteiger partial charge in [-0.05, 0) is 30.9 Å². The fraction of sp³-hybridized carbons (Fsp3) is 0.571. The van der Waals surface area contributed by atoms with E-state index < -0.39 is 5.82 Å². The van der Waals surface area contributed by atoms with E-state index in [9.17, 15) is 9.50 Å². The summed E-state index contributed by atoms with van der Waals surface area (Å²) < 4.78 is 13.6. The Morgan fingerprint density at radius 3 is 2.63 bits per heavy atom. The number of aromatic hydroxyl groups is 1. The van der Waals surface area contributed by atoms with Crippen LogP contribution >= 0.6 is 11.6 Å². The van der Waals surface area contributed by atoms with Crippen LogP contribution in [-0.2, 0) is 0 Å². The SMILES string of the molecule is Oc1c(F)ccc(Cl)c1[C@H](C1CC1)N1CCNCC1. The first kappa shape index (κ1) is 13.2. The van der Waals surface area contributed by atoms with Crippen molar-refractivity contribution in [3.63, 3.8) is 0 Å². The van der Waals surface area contributed by atoms with E-state index in [1.165, 1.54) is 6.07 Å². The van der Waals surface area contributed by atoms with E-state index in [1.54, 1.807) is 6.07 Å². The summed E-state index contributed by atoms with van der Waals surface area (Å²) in [6, 6.07) is 2.82. The Labute approximate surface area is 117 Å². The first-order valence-corrected chi connectivity index (χ1v) is 7.18. The van der Waals surface area contributed by atoms with Gasteiger partial charge in [0.1, 0.15) is 0 Å². The molecule has 104 valence electrons. The Kier molecular flexibility index (Phi) is 3.65. The minimum absolute atomic E-state index is 0.0466. The molecule has 1 aliphatic carbocycles. The lowest BCUT2D eigenvalue weighted by Crippen LogP contribution is -2.45. The van der Waals surface area contributed by atoms with Gasteiger partial charge < -0.3 is 10.4 Å². The zero-order chi connectivity index (χ0) is 13.4. The number of nitrogens with one attached hydrogen (secondary N) is 1.